The Labute approximate surface area is 186 Å². The molecule has 0 saturated carbocycles. The van der Waals surface area contributed by atoms with Crippen molar-refractivity contribution in [1.29, 1.82) is 0 Å². The van der Waals surface area contributed by atoms with E-state index in [1.54, 1.807) is 20.8 Å². The monoisotopic (exact) mass is 461 g/mol. The van der Waals surface area contributed by atoms with Gasteiger partial charge in [-0.15, -0.1) is 0 Å². The van der Waals surface area contributed by atoms with E-state index >= 15 is 0 Å². The van der Waals surface area contributed by atoms with Crippen LogP contribution in [0.5, 0.6) is 0 Å². The van der Waals surface area contributed by atoms with E-state index in [9.17, 15) is 18.0 Å². The van der Waals surface area contributed by atoms with Gasteiger partial charge in [-0.1, -0.05) is 17.7 Å². The molecule has 0 aromatic heterocycles. The van der Waals surface area contributed by atoms with Crippen LogP contribution in [-0.2, 0) is 20.2 Å². The van der Waals surface area contributed by atoms with Crippen molar-refractivity contribution in [2.45, 2.75) is 71.4 Å². The smallest absolute Gasteiger partial charge is 0.444 e. The first-order valence-corrected chi connectivity index (χ1v) is 10.2. The number of benzene rings is 1. The number of amides is 1. The molecule has 1 aromatic rings. The number of rotatable bonds is 4. The van der Waals surface area contributed by atoms with E-state index in [0.29, 0.717) is 5.47 Å². The molecule has 1 amide bonds. The van der Waals surface area contributed by atoms with E-state index < -0.39 is 41.8 Å². The summed E-state index contributed by atoms with van der Waals surface area (Å²) >= 11 is 5.91. The van der Waals surface area contributed by atoms with Crippen LogP contribution in [-0.4, -0.2) is 36.6 Å². The van der Waals surface area contributed by atoms with Gasteiger partial charge in [-0.2, -0.15) is 13.2 Å². The molecule has 0 radical (unpaired) electrons. The fourth-order valence-corrected chi connectivity index (χ4v) is 3.00. The predicted molar refractivity (Wildman–Crippen MR) is 115 cm³/mol. The second-order valence-corrected chi connectivity index (χ2v) is 9.87. The highest BCUT2D eigenvalue weighted by Crippen LogP contribution is 2.39. The minimum atomic E-state index is -4.55. The van der Waals surface area contributed by atoms with Gasteiger partial charge in [0.25, 0.3) is 0 Å². The fourth-order valence-electron chi connectivity index (χ4n) is 2.76. The lowest BCUT2D eigenvalue weighted by Gasteiger charge is -2.32. The van der Waals surface area contributed by atoms with Crippen LogP contribution < -0.4 is 5.32 Å². The lowest BCUT2D eigenvalue weighted by Crippen LogP contribution is -2.41. The maximum absolute atomic E-state index is 13.2. The highest BCUT2D eigenvalue weighted by Gasteiger charge is 2.52. The first-order chi connectivity index (χ1) is 13.9. The van der Waals surface area contributed by atoms with Gasteiger partial charge >= 0.3 is 19.4 Å². The summed E-state index contributed by atoms with van der Waals surface area (Å²) in [7, 11) is -0.881. The van der Waals surface area contributed by atoms with Crippen LogP contribution in [0.25, 0.3) is 6.08 Å². The Morgan fingerprint density at radius 2 is 1.68 bits per heavy atom. The van der Waals surface area contributed by atoms with Gasteiger partial charge in [0.2, 0.25) is 0 Å². The van der Waals surface area contributed by atoms with Gasteiger partial charge in [0.05, 0.1) is 16.8 Å². The lowest BCUT2D eigenvalue weighted by molar-refractivity contribution is -0.137. The number of nitrogens with one attached hydrogen (secondary N) is 1. The summed E-state index contributed by atoms with van der Waals surface area (Å²) < 4.78 is 56.9. The summed E-state index contributed by atoms with van der Waals surface area (Å²) in [5.74, 6) is 0. The molecule has 1 heterocycles. The first-order valence-electron chi connectivity index (χ1n) is 9.80. The molecular formula is C21H28BClF3NO4. The van der Waals surface area contributed by atoms with Crippen molar-refractivity contribution in [3.63, 3.8) is 0 Å². The molecule has 1 saturated heterocycles. The van der Waals surface area contributed by atoms with Gasteiger partial charge in [0.15, 0.2) is 0 Å². The Balaban J connectivity index is 2.39. The Morgan fingerprint density at radius 1 is 1.13 bits per heavy atom. The van der Waals surface area contributed by atoms with E-state index in [4.69, 9.17) is 25.6 Å². The molecular weight excluding hydrogens is 433 g/mol. The third-order valence-electron chi connectivity index (χ3n) is 4.99. The maximum Gasteiger partial charge on any atom is 0.492 e. The SMILES string of the molecule is CC(C)(C)OC(=O)NCC(=Cc1cc(Cl)cc(C(F)(F)F)c1)B1OC(C)(C)C(C)(C)O1. The second-order valence-electron chi connectivity index (χ2n) is 9.43. The molecule has 1 N–H and O–H groups in total. The van der Waals surface area contributed by atoms with Crippen molar-refractivity contribution < 1.29 is 32.0 Å². The third kappa shape index (κ3) is 6.89. The molecule has 172 valence electrons. The number of hydrogen-bond acceptors (Lipinski definition) is 4. The number of halogens is 4. The molecule has 0 aliphatic carbocycles. The summed E-state index contributed by atoms with van der Waals surface area (Å²) in [6.07, 6.45) is -3.75. The van der Waals surface area contributed by atoms with Crippen molar-refractivity contribution >= 4 is 30.9 Å². The van der Waals surface area contributed by atoms with E-state index in [1.165, 1.54) is 12.1 Å². The topological polar surface area (TPSA) is 56.8 Å². The number of alkyl halides is 3. The van der Waals surface area contributed by atoms with E-state index in [1.807, 2.05) is 27.7 Å². The fraction of sp³-hybridized carbons (Fsp3) is 0.571. The normalized spacial score (nSPS) is 18.8. The van der Waals surface area contributed by atoms with Crippen molar-refractivity contribution in [1.82, 2.24) is 5.32 Å². The molecule has 2 rings (SSSR count). The molecule has 1 fully saturated rings. The zero-order valence-electron chi connectivity index (χ0n) is 18.7. The number of alkyl carbamates (subject to hydrolysis) is 1. The lowest BCUT2D eigenvalue weighted by atomic mass is 9.77. The van der Waals surface area contributed by atoms with Gasteiger partial charge in [-0.05, 0) is 77.7 Å². The van der Waals surface area contributed by atoms with Crippen LogP contribution in [0.3, 0.4) is 0 Å². The molecule has 0 unspecified atom stereocenters. The van der Waals surface area contributed by atoms with E-state index in [2.05, 4.69) is 5.32 Å². The summed E-state index contributed by atoms with van der Waals surface area (Å²) in [6.45, 7) is 12.5. The minimum absolute atomic E-state index is 0.0559. The summed E-state index contributed by atoms with van der Waals surface area (Å²) in [5.41, 5.74) is -2.30. The van der Waals surface area contributed by atoms with Crippen molar-refractivity contribution in [3.05, 3.63) is 39.8 Å². The molecule has 0 atom stereocenters. The summed E-state index contributed by atoms with van der Waals surface area (Å²) in [4.78, 5) is 12.1. The van der Waals surface area contributed by atoms with Crippen LogP contribution in [0.2, 0.25) is 5.02 Å². The van der Waals surface area contributed by atoms with Crippen LogP contribution in [0.4, 0.5) is 18.0 Å². The highest BCUT2D eigenvalue weighted by atomic mass is 35.5. The third-order valence-corrected chi connectivity index (χ3v) is 5.21. The molecule has 5 nitrogen and oxygen atoms in total. The average Bonchev–Trinajstić information content (AvgIpc) is 2.76. The Hall–Kier alpha value is -1.71. The predicted octanol–water partition coefficient (Wildman–Crippen LogP) is 5.90. The Bertz CT molecular complexity index is 847. The standard InChI is InChI=1S/C21H28BClF3NO4/c1-18(2,3)29-17(28)27-12-15(22-30-19(4,5)20(6,7)31-22)9-13-8-14(21(24,25)26)11-16(23)10-13/h8-11H,12H2,1-7H3,(H,27,28). The molecule has 0 bridgehead atoms. The Kier molecular flexibility index (Phi) is 7.15. The molecule has 31 heavy (non-hydrogen) atoms. The Morgan fingerprint density at radius 3 is 2.16 bits per heavy atom. The number of hydrogen-bond donors (Lipinski definition) is 1. The van der Waals surface area contributed by atoms with Crippen molar-refractivity contribution in [2.24, 2.45) is 0 Å². The number of carbonyl (C=O) groups is 1. The number of ether oxygens (including phenoxy) is 1. The van der Waals surface area contributed by atoms with Crippen LogP contribution >= 0.6 is 11.6 Å². The largest absolute Gasteiger partial charge is 0.492 e. The van der Waals surface area contributed by atoms with Gasteiger partial charge in [-0.25, -0.2) is 4.79 Å². The number of carbonyl (C=O) groups excluding carboxylic acids is 1. The van der Waals surface area contributed by atoms with Gasteiger partial charge in [0, 0.05) is 11.6 Å². The van der Waals surface area contributed by atoms with Gasteiger partial charge in [-0.3, -0.25) is 0 Å². The summed E-state index contributed by atoms with van der Waals surface area (Å²) in [5, 5.41) is 2.55. The van der Waals surface area contributed by atoms with E-state index in [0.717, 1.165) is 12.1 Å². The quantitative estimate of drug-likeness (QED) is 0.567. The molecule has 1 aliphatic heterocycles. The molecule has 10 heteroatoms. The minimum Gasteiger partial charge on any atom is -0.444 e. The molecule has 1 aromatic carbocycles. The van der Waals surface area contributed by atoms with Gasteiger partial charge in [0.1, 0.15) is 5.60 Å². The zero-order chi connectivity index (χ0) is 23.8. The van der Waals surface area contributed by atoms with Crippen molar-refractivity contribution in [2.75, 3.05) is 6.54 Å². The maximum atomic E-state index is 13.2. The molecule has 0 spiro atoms. The van der Waals surface area contributed by atoms with Crippen LogP contribution in [0, 0.1) is 0 Å². The summed E-state index contributed by atoms with van der Waals surface area (Å²) in [6, 6.07) is 3.23. The van der Waals surface area contributed by atoms with Crippen LogP contribution in [0.15, 0.2) is 23.7 Å². The average molecular weight is 462 g/mol. The van der Waals surface area contributed by atoms with Crippen molar-refractivity contribution in [3.8, 4) is 0 Å². The van der Waals surface area contributed by atoms with Gasteiger partial charge < -0.3 is 19.4 Å². The zero-order valence-corrected chi connectivity index (χ0v) is 19.5. The second kappa shape index (κ2) is 8.67. The molecule has 1 aliphatic rings. The van der Waals surface area contributed by atoms with Crippen LogP contribution in [0.1, 0.15) is 59.6 Å². The first kappa shape index (κ1) is 25.6. The highest BCUT2D eigenvalue weighted by molar-refractivity contribution is 6.56. The van der Waals surface area contributed by atoms with E-state index in [-0.39, 0.29) is 17.1 Å².